The standard InChI is InChI=1S/C17H23N9O4S2/c18-6-7-31(27,28)12-5-4-9(10-2-1-3-11-15(10)22-13(8-19)21-11)14(16(12)32(20,29)30)17-23-25-26-24-17/h1-5,17,23-26H,6-8,18-19H2,(H,21,22)(H2,20,29,30). The number of para-hydroxylation sites is 1. The molecule has 2 aromatic carbocycles. The number of H-pyrrole nitrogens is 1. The Morgan fingerprint density at radius 3 is 2.31 bits per heavy atom. The molecule has 4 rings (SSSR count). The van der Waals surface area contributed by atoms with Gasteiger partial charge in [-0.2, -0.15) is 11.1 Å². The quantitative estimate of drug-likeness (QED) is 0.188. The number of hydrogen-bond donors (Lipinski definition) is 8. The molecule has 1 aromatic heterocycles. The molecule has 1 aliphatic rings. The van der Waals surface area contributed by atoms with Gasteiger partial charge in [-0.3, -0.25) is 0 Å². The van der Waals surface area contributed by atoms with E-state index >= 15 is 0 Å². The molecule has 1 fully saturated rings. The van der Waals surface area contributed by atoms with E-state index in [-0.39, 0.29) is 18.7 Å². The zero-order chi connectivity index (χ0) is 23.1. The van der Waals surface area contributed by atoms with Gasteiger partial charge in [0.05, 0.1) is 28.2 Å². The summed E-state index contributed by atoms with van der Waals surface area (Å²) in [7, 11) is -8.53. The van der Waals surface area contributed by atoms with Gasteiger partial charge in [0, 0.05) is 17.7 Å². The van der Waals surface area contributed by atoms with E-state index in [9.17, 15) is 16.8 Å². The van der Waals surface area contributed by atoms with Crippen molar-refractivity contribution in [3.63, 3.8) is 0 Å². The van der Waals surface area contributed by atoms with Gasteiger partial charge in [-0.05, 0) is 17.7 Å². The Morgan fingerprint density at radius 1 is 0.969 bits per heavy atom. The molecule has 0 aliphatic carbocycles. The fourth-order valence-electron chi connectivity index (χ4n) is 3.70. The van der Waals surface area contributed by atoms with Crippen LogP contribution in [0.5, 0.6) is 0 Å². The van der Waals surface area contributed by atoms with Crippen molar-refractivity contribution in [2.45, 2.75) is 22.5 Å². The zero-order valence-corrected chi connectivity index (χ0v) is 18.3. The number of imidazole rings is 1. The smallest absolute Gasteiger partial charge is 0.239 e. The predicted molar refractivity (Wildman–Crippen MR) is 117 cm³/mol. The molecule has 0 unspecified atom stereocenters. The van der Waals surface area contributed by atoms with E-state index in [0.717, 1.165) is 0 Å². The molecule has 2 heterocycles. The van der Waals surface area contributed by atoms with E-state index in [4.69, 9.17) is 16.6 Å². The van der Waals surface area contributed by atoms with Crippen molar-refractivity contribution >= 4 is 30.9 Å². The Labute approximate surface area is 184 Å². The summed E-state index contributed by atoms with van der Waals surface area (Å²) in [4.78, 5) is 6.65. The van der Waals surface area contributed by atoms with Gasteiger partial charge in [0.1, 0.15) is 16.9 Å². The van der Waals surface area contributed by atoms with E-state index in [2.05, 4.69) is 31.9 Å². The average molecular weight is 482 g/mol. The van der Waals surface area contributed by atoms with Gasteiger partial charge in [0.25, 0.3) is 0 Å². The molecular formula is C17H23N9O4S2. The third-order valence-corrected chi connectivity index (χ3v) is 7.92. The van der Waals surface area contributed by atoms with Gasteiger partial charge < -0.3 is 16.5 Å². The molecule has 1 saturated heterocycles. The number of hydrogen-bond acceptors (Lipinski definition) is 11. The summed E-state index contributed by atoms with van der Waals surface area (Å²) in [6.45, 7) is 0.000211. The highest BCUT2D eigenvalue weighted by atomic mass is 32.2. The van der Waals surface area contributed by atoms with Gasteiger partial charge in [0.15, 0.2) is 9.84 Å². The van der Waals surface area contributed by atoms with Crippen LogP contribution in [0.3, 0.4) is 0 Å². The summed E-state index contributed by atoms with van der Waals surface area (Å²) in [5.41, 5.74) is 24.3. The molecule has 0 saturated carbocycles. The normalized spacial score (nSPS) is 15.6. The summed E-state index contributed by atoms with van der Waals surface area (Å²) in [6.07, 6.45) is -0.852. The molecule has 0 bridgehead atoms. The second kappa shape index (κ2) is 8.47. The van der Waals surface area contributed by atoms with Gasteiger partial charge in [-0.15, -0.1) is 0 Å². The summed E-state index contributed by atoms with van der Waals surface area (Å²) < 4.78 is 51.2. The lowest BCUT2D eigenvalue weighted by molar-refractivity contribution is 0.534. The predicted octanol–water partition coefficient (Wildman–Crippen LogP) is -1.82. The number of nitrogens with two attached hydrogens (primary N) is 3. The molecule has 15 heteroatoms. The minimum Gasteiger partial charge on any atom is -0.341 e. The summed E-state index contributed by atoms with van der Waals surface area (Å²) >= 11 is 0. The number of sulfonamides is 1. The monoisotopic (exact) mass is 481 g/mol. The number of sulfone groups is 1. The number of aromatic nitrogens is 2. The van der Waals surface area contributed by atoms with Crippen LogP contribution in [0.4, 0.5) is 0 Å². The molecule has 11 N–H and O–H groups in total. The number of nitrogens with zero attached hydrogens (tertiary/aromatic N) is 1. The molecule has 3 aromatic rings. The summed E-state index contributed by atoms with van der Waals surface area (Å²) in [5.74, 6) is 0.105. The highest BCUT2D eigenvalue weighted by Gasteiger charge is 2.34. The molecule has 172 valence electrons. The molecule has 13 nitrogen and oxygen atoms in total. The first kappa shape index (κ1) is 22.7. The maximum Gasteiger partial charge on any atom is 0.239 e. The number of primary sulfonamides is 1. The van der Waals surface area contributed by atoms with Gasteiger partial charge in [-0.25, -0.2) is 37.8 Å². The molecular weight excluding hydrogens is 458 g/mol. The lowest BCUT2D eigenvalue weighted by atomic mass is 9.96. The topological polar surface area (TPSA) is 223 Å². The Morgan fingerprint density at radius 2 is 1.69 bits per heavy atom. The minimum atomic E-state index is -4.49. The summed E-state index contributed by atoms with van der Waals surface area (Å²) in [5, 5.41) is 5.55. The Hall–Kier alpha value is -2.47. The number of rotatable bonds is 7. The van der Waals surface area contributed by atoms with Crippen molar-refractivity contribution in [2.75, 3.05) is 12.3 Å². The molecule has 32 heavy (non-hydrogen) atoms. The number of hydrazine groups is 3. The number of benzene rings is 2. The lowest BCUT2D eigenvalue weighted by Crippen LogP contribution is -2.33. The van der Waals surface area contributed by atoms with Gasteiger partial charge in [0.2, 0.25) is 10.0 Å². The third kappa shape index (κ3) is 4.01. The number of aromatic amines is 1. The first-order valence-electron chi connectivity index (χ1n) is 9.49. The van der Waals surface area contributed by atoms with Crippen LogP contribution in [-0.4, -0.2) is 39.1 Å². The summed E-state index contributed by atoms with van der Waals surface area (Å²) in [6, 6.07) is 8.08. The van der Waals surface area contributed by atoms with E-state index in [1.807, 2.05) is 0 Å². The Kier molecular flexibility index (Phi) is 6.01. The van der Waals surface area contributed by atoms with Crippen molar-refractivity contribution < 1.29 is 16.8 Å². The van der Waals surface area contributed by atoms with Crippen LogP contribution in [0.25, 0.3) is 22.2 Å². The van der Waals surface area contributed by atoms with Crippen LogP contribution in [0, 0.1) is 0 Å². The highest BCUT2D eigenvalue weighted by molar-refractivity contribution is 7.93. The van der Waals surface area contributed by atoms with E-state index in [0.29, 0.717) is 28.0 Å². The van der Waals surface area contributed by atoms with Gasteiger partial charge >= 0.3 is 0 Å². The maximum absolute atomic E-state index is 12.9. The van der Waals surface area contributed by atoms with Crippen LogP contribution in [0.15, 0.2) is 40.1 Å². The zero-order valence-electron chi connectivity index (χ0n) is 16.7. The average Bonchev–Trinajstić information content (AvgIpc) is 3.41. The first-order valence-corrected chi connectivity index (χ1v) is 12.7. The van der Waals surface area contributed by atoms with Crippen molar-refractivity contribution in [3.8, 4) is 11.1 Å². The van der Waals surface area contributed by atoms with Gasteiger partial charge in [-0.1, -0.05) is 18.2 Å². The minimum absolute atomic E-state index is 0.105. The largest absolute Gasteiger partial charge is 0.341 e. The van der Waals surface area contributed by atoms with E-state index < -0.39 is 41.6 Å². The van der Waals surface area contributed by atoms with Crippen molar-refractivity contribution in [2.24, 2.45) is 16.6 Å². The highest BCUT2D eigenvalue weighted by Crippen LogP contribution is 2.39. The molecule has 0 amide bonds. The first-order chi connectivity index (χ1) is 15.2. The Balaban J connectivity index is 2.10. The van der Waals surface area contributed by atoms with Crippen LogP contribution in [0.2, 0.25) is 0 Å². The SMILES string of the molecule is NCCS(=O)(=O)c1ccc(-c2cccc3[nH]c(CN)nc23)c(C2NNNN2)c1S(N)(=O)=O. The molecule has 0 atom stereocenters. The maximum atomic E-state index is 12.9. The third-order valence-electron chi connectivity index (χ3n) is 5.00. The number of nitrogens with one attached hydrogen (secondary N) is 5. The van der Waals surface area contributed by atoms with Crippen molar-refractivity contribution in [1.29, 1.82) is 0 Å². The second-order valence-electron chi connectivity index (χ2n) is 7.07. The Bertz CT molecular complexity index is 1380. The molecule has 0 radical (unpaired) electrons. The fourth-order valence-corrected chi connectivity index (χ4v) is 6.51. The second-order valence-corrected chi connectivity index (χ2v) is 10.6. The lowest BCUT2D eigenvalue weighted by Gasteiger charge is -2.21. The van der Waals surface area contributed by atoms with Crippen LogP contribution in [-0.2, 0) is 26.4 Å². The molecule has 1 aliphatic heterocycles. The van der Waals surface area contributed by atoms with E-state index in [1.165, 1.54) is 12.1 Å². The van der Waals surface area contributed by atoms with E-state index in [1.54, 1.807) is 18.2 Å². The fraction of sp³-hybridized carbons (Fsp3) is 0.235. The molecule has 0 spiro atoms. The van der Waals surface area contributed by atoms with Crippen molar-refractivity contribution in [1.82, 2.24) is 31.9 Å². The van der Waals surface area contributed by atoms with Crippen LogP contribution < -0.4 is 38.5 Å². The van der Waals surface area contributed by atoms with Crippen molar-refractivity contribution in [3.05, 3.63) is 41.7 Å². The van der Waals surface area contributed by atoms with Crippen LogP contribution in [0.1, 0.15) is 17.6 Å². The van der Waals surface area contributed by atoms with Crippen LogP contribution >= 0.6 is 0 Å². The number of fused-ring (bicyclic) bond motifs is 1.